The summed E-state index contributed by atoms with van der Waals surface area (Å²) in [5.41, 5.74) is 5.22. The van der Waals surface area contributed by atoms with E-state index in [1.165, 1.54) is 11.3 Å². The number of anilines is 1. The van der Waals surface area contributed by atoms with Crippen LogP contribution in [0.3, 0.4) is 0 Å². The fourth-order valence-electron chi connectivity index (χ4n) is 3.53. The Balaban J connectivity index is 1.65. The molecule has 142 valence electrons. The predicted molar refractivity (Wildman–Crippen MR) is 117 cm³/mol. The lowest BCUT2D eigenvalue weighted by atomic mass is 10.1. The number of carbonyl (C=O) groups is 1. The average Bonchev–Trinajstić information content (AvgIpc) is 3.26. The van der Waals surface area contributed by atoms with E-state index >= 15 is 0 Å². The third-order valence-electron chi connectivity index (χ3n) is 4.63. The SMILES string of the molecule is CCCn1c(-c2ccc(C(=O)Nc3cc(C)cc(C)c3)s2)nc2ccccc21. The number of para-hydroxylation sites is 2. The Kier molecular flexibility index (Phi) is 5.01. The molecule has 0 radical (unpaired) electrons. The number of carbonyl (C=O) groups excluding carboxylic acids is 1. The van der Waals surface area contributed by atoms with Gasteiger partial charge in [0, 0.05) is 12.2 Å². The molecule has 0 unspecified atom stereocenters. The second kappa shape index (κ2) is 7.60. The van der Waals surface area contributed by atoms with Crippen LogP contribution < -0.4 is 5.32 Å². The van der Waals surface area contributed by atoms with Gasteiger partial charge >= 0.3 is 0 Å². The number of aryl methyl sites for hydroxylation is 3. The van der Waals surface area contributed by atoms with Gasteiger partial charge < -0.3 is 9.88 Å². The Morgan fingerprint density at radius 2 is 1.82 bits per heavy atom. The maximum atomic E-state index is 12.7. The van der Waals surface area contributed by atoms with Gasteiger partial charge in [-0.15, -0.1) is 11.3 Å². The molecule has 2 aromatic carbocycles. The van der Waals surface area contributed by atoms with Gasteiger partial charge in [-0.1, -0.05) is 25.1 Å². The minimum atomic E-state index is -0.0839. The molecule has 0 aliphatic rings. The van der Waals surface area contributed by atoms with Crippen LogP contribution in [0, 0.1) is 13.8 Å². The average molecular weight is 390 g/mol. The van der Waals surface area contributed by atoms with Gasteiger partial charge in [-0.2, -0.15) is 0 Å². The van der Waals surface area contributed by atoms with Crippen LogP contribution in [0.2, 0.25) is 0 Å². The first-order chi connectivity index (χ1) is 13.5. The quantitative estimate of drug-likeness (QED) is 0.452. The molecule has 0 saturated heterocycles. The van der Waals surface area contributed by atoms with E-state index in [1.807, 2.05) is 56.3 Å². The molecule has 0 saturated carbocycles. The number of amides is 1. The maximum absolute atomic E-state index is 12.7. The molecule has 2 aromatic heterocycles. The Bertz CT molecular complexity index is 1140. The van der Waals surface area contributed by atoms with E-state index in [2.05, 4.69) is 28.9 Å². The Morgan fingerprint density at radius 3 is 2.57 bits per heavy atom. The number of hydrogen-bond donors (Lipinski definition) is 1. The Labute approximate surface area is 168 Å². The number of aromatic nitrogens is 2. The fourth-order valence-corrected chi connectivity index (χ4v) is 4.43. The fraction of sp³-hybridized carbons (Fsp3) is 0.217. The number of fused-ring (bicyclic) bond motifs is 1. The summed E-state index contributed by atoms with van der Waals surface area (Å²) in [6, 6.07) is 18.1. The second-order valence-electron chi connectivity index (χ2n) is 7.07. The Morgan fingerprint density at radius 1 is 1.07 bits per heavy atom. The lowest BCUT2D eigenvalue weighted by molar-refractivity contribution is 0.103. The van der Waals surface area contributed by atoms with Crippen molar-refractivity contribution in [3.05, 3.63) is 70.6 Å². The topological polar surface area (TPSA) is 46.9 Å². The summed E-state index contributed by atoms with van der Waals surface area (Å²) >= 11 is 1.48. The standard InChI is InChI=1S/C23H23N3OS/c1-4-11-26-19-8-6-5-7-18(19)25-22(26)20-9-10-21(28-20)23(27)24-17-13-15(2)12-16(3)14-17/h5-10,12-14H,4,11H2,1-3H3,(H,24,27). The maximum Gasteiger partial charge on any atom is 0.265 e. The minimum Gasteiger partial charge on any atom is -0.323 e. The molecule has 4 nitrogen and oxygen atoms in total. The molecule has 4 rings (SSSR count). The Hall–Kier alpha value is -2.92. The zero-order valence-corrected chi connectivity index (χ0v) is 17.1. The third-order valence-corrected chi connectivity index (χ3v) is 5.71. The molecular weight excluding hydrogens is 366 g/mol. The highest BCUT2D eigenvalue weighted by atomic mass is 32.1. The van der Waals surface area contributed by atoms with Crippen LogP contribution in [0.1, 0.15) is 34.1 Å². The molecule has 1 N–H and O–H groups in total. The summed E-state index contributed by atoms with van der Waals surface area (Å²) in [5, 5.41) is 3.02. The third kappa shape index (κ3) is 3.58. The minimum absolute atomic E-state index is 0.0839. The summed E-state index contributed by atoms with van der Waals surface area (Å²) < 4.78 is 2.24. The predicted octanol–water partition coefficient (Wildman–Crippen LogP) is 6.04. The summed E-state index contributed by atoms with van der Waals surface area (Å²) in [7, 11) is 0. The molecular formula is C23H23N3OS. The number of rotatable bonds is 5. The van der Waals surface area contributed by atoms with Crippen molar-refractivity contribution in [3.63, 3.8) is 0 Å². The van der Waals surface area contributed by atoms with Crippen LogP contribution in [-0.4, -0.2) is 15.5 Å². The highest BCUT2D eigenvalue weighted by molar-refractivity contribution is 7.17. The largest absolute Gasteiger partial charge is 0.323 e. The molecule has 28 heavy (non-hydrogen) atoms. The molecule has 0 spiro atoms. The van der Waals surface area contributed by atoms with E-state index in [4.69, 9.17) is 4.98 Å². The number of benzene rings is 2. The van der Waals surface area contributed by atoms with Crippen molar-refractivity contribution in [2.75, 3.05) is 5.32 Å². The van der Waals surface area contributed by atoms with Crippen molar-refractivity contribution in [2.45, 2.75) is 33.7 Å². The van der Waals surface area contributed by atoms with Crippen LogP contribution in [0.25, 0.3) is 21.7 Å². The highest BCUT2D eigenvalue weighted by Gasteiger charge is 2.16. The van der Waals surface area contributed by atoms with Crippen molar-refractivity contribution >= 4 is 34.0 Å². The molecule has 0 fully saturated rings. The van der Waals surface area contributed by atoms with Crippen molar-refractivity contribution < 1.29 is 4.79 Å². The zero-order valence-electron chi connectivity index (χ0n) is 16.3. The molecule has 0 aliphatic heterocycles. The summed E-state index contributed by atoms with van der Waals surface area (Å²) in [6.07, 6.45) is 1.03. The number of hydrogen-bond acceptors (Lipinski definition) is 3. The van der Waals surface area contributed by atoms with E-state index in [0.717, 1.165) is 51.5 Å². The van der Waals surface area contributed by atoms with Crippen molar-refractivity contribution in [1.82, 2.24) is 9.55 Å². The van der Waals surface area contributed by atoms with Gasteiger partial charge in [0.2, 0.25) is 0 Å². The van der Waals surface area contributed by atoms with E-state index in [0.29, 0.717) is 4.88 Å². The number of nitrogens with zero attached hydrogens (tertiary/aromatic N) is 2. The van der Waals surface area contributed by atoms with Gasteiger partial charge in [0.25, 0.3) is 5.91 Å². The number of thiophene rings is 1. The summed E-state index contributed by atoms with van der Waals surface area (Å²) in [6.45, 7) is 7.13. The van der Waals surface area contributed by atoms with Crippen LogP contribution in [0.5, 0.6) is 0 Å². The van der Waals surface area contributed by atoms with E-state index in [-0.39, 0.29) is 5.91 Å². The molecule has 4 aromatic rings. The van der Waals surface area contributed by atoms with Gasteiger partial charge in [0.05, 0.1) is 20.8 Å². The first-order valence-electron chi connectivity index (χ1n) is 9.50. The van der Waals surface area contributed by atoms with Gasteiger partial charge in [-0.05, 0) is 67.8 Å². The molecule has 0 bridgehead atoms. The van der Waals surface area contributed by atoms with Crippen LogP contribution >= 0.6 is 11.3 Å². The van der Waals surface area contributed by atoms with E-state index in [9.17, 15) is 4.79 Å². The summed E-state index contributed by atoms with van der Waals surface area (Å²) in [4.78, 5) is 19.3. The lowest BCUT2D eigenvalue weighted by Gasteiger charge is -2.07. The lowest BCUT2D eigenvalue weighted by Crippen LogP contribution is -2.10. The number of imidazole rings is 1. The molecule has 0 aliphatic carbocycles. The van der Waals surface area contributed by atoms with Crippen LogP contribution in [0.4, 0.5) is 5.69 Å². The summed E-state index contributed by atoms with van der Waals surface area (Å²) in [5.74, 6) is 0.845. The van der Waals surface area contributed by atoms with E-state index in [1.54, 1.807) is 0 Å². The smallest absolute Gasteiger partial charge is 0.265 e. The first kappa shape index (κ1) is 18.4. The number of nitrogens with one attached hydrogen (secondary N) is 1. The van der Waals surface area contributed by atoms with Gasteiger partial charge in [0.1, 0.15) is 0 Å². The second-order valence-corrected chi connectivity index (χ2v) is 8.15. The van der Waals surface area contributed by atoms with Crippen LogP contribution in [0.15, 0.2) is 54.6 Å². The zero-order chi connectivity index (χ0) is 19.7. The molecule has 1 amide bonds. The van der Waals surface area contributed by atoms with Gasteiger partial charge in [-0.3, -0.25) is 4.79 Å². The van der Waals surface area contributed by atoms with Crippen molar-refractivity contribution in [1.29, 1.82) is 0 Å². The van der Waals surface area contributed by atoms with Crippen molar-refractivity contribution in [2.24, 2.45) is 0 Å². The monoisotopic (exact) mass is 389 g/mol. The molecule has 5 heteroatoms. The first-order valence-corrected chi connectivity index (χ1v) is 10.3. The van der Waals surface area contributed by atoms with Crippen LogP contribution in [-0.2, 0) is 6.54 Å². The van der Waals surface area contributed by atoms with E-state index < -0.39 is 0 Å². The van der Waals surface area contributed by atoms with Crippen molar-refractivity contribution in [3.8, 4) is 10.7 Å². The molecule has 2 heterocycles. The van der Waals surface area contributed by atoms with Gasteiger partial charge in [-0.25, -0.2) is 4.98 Å². The highest BCUT2D eigenvalue weighted by Crippen LogP contribution is 2.31. The van der Waals surface area contributed by atoms with Gasteiger partial charge in [0.15, 0.2) is 5.82 Å². The normalized spacial score (nSPS) is 11.1. The molecule has 0 atom stereocenters.